The van der Waals surface area contributed by atoms with Crippen LogP contribution >= 0.6 is 11.6 Å². The summed E-state index contributed by atoms with van der Waals surface area (Å²) in [5.74, 6) is 1.04. The smallest absolute Gasteiger partial charge is 0.257 e. The van der Waals surface area contributed by atoms with Gasteiger partial charge in [-0.1, -0.05) is 6.92 Å². The van der Waals surface area contributed by atoms with Gasteiger partial charge in [0, 0.05) is 18.8 Å². The van der Waals surface area contributed by atoms with E-state index in [1.165, 1.54) is 6.20 Å². The zero-order chi connectivity index (χ0) is 12.7. The lowest BCUT2D eigenvalue weighted by Crippen LogP contribution is -2.28. The standard InChI is InChI=1S/C9H16ClN3O3S/c1-2-8-11-7-9(13-8)17(14,15)12-4-6-16-5-3-10/h7,12H,2-6H2,1H3,(H,11,13). The van der Waals surface area contributed by atoms with Crippen molar-refractivity contribution in [2.75, 3.05) is 25.6 Å². The number of hydrogen-bond acceptors (Lipinski definition) is 4. The molecule has 0 radical (unpaired) electrons. The number of halogens is 1. The summed E-state index contributed by atoms with van der Waals surface area (Å²) in [4.78, 5) is 6.67. The van der Waals surface area contributed by atoms with E-state index >= 15 is 0 Å². The van der Waals surface area contributed by atoms with Crippen LogP contribution in [0.1, 0.15) is 12.7 Å². The van der Waals surface area contributed by atoms with Crippen LogP contribution < -0.4 is 4.72 Å². The Morgan fingerprint density at radius 2 is 2.29 bits per heavy atom. The summed E-state index contributed by atoms with van der Waals surface area (Å²) < 4.78 is 30.9. The van der Waals surface area contributed by atoms with Gasteiger partial charge in [-0.05, 0) is 0 Å². The van der Waals surface area contributed by atoms with E-state index in [2.05, 4.69) is 14.7 Å². The van der Waals surface area contributed by atoms with Crippen LogP contribution in [0.25, 0.3) is 0 Å². The van der Waals surface area contributed by atoms with Gasteiger partial charge in [-0.3, -0.25) is 0 Å². The summed E-state index contributed by atoms with van der Waals surface area (Å²) >= 11 is 5.41. The second kappa shape index (κ2) is 6.95. The lowest BCUT2D eigenvalue weighted by Gasteiger charge is -2.04. The Morgan fingerprint density at radius 3 is 2.88 bits per heavy atom. The van der Waals surface area contributed by atoms with Gasteiger partial charge in [0.1, 0.15) is 5.82 Å². The van der Waals surface area contributed by atoms with Crippen molar-refractivity contribution in [2.45, 2.75) is 18.4 Å². The molecule has 0 amide bonds. The number of nitrogens with zero attached hydrogens (tertiary/aromatic N) is 1. The third kappa shape index (κ3) is 4.63. The van der Waals surface area contributed by atoms with E-state index in [-0.39, 0.29) is 11.6 Å². The monoisotopic (exact) mass is 281 g/mol. The van der Waals surface area contributed by atoms with Gasteiger partial charge in [0.25, 0.3) is 10.0 Å². The van der Waals surface area contributed by atoms with Crippen molar-refractivity contribution in [1.29, 1.82) is 0 Å². The van der Waals surface area contributed by atoms with E-state index in [1.807, 2.05) is 6.92 Å². The van der Waals surface area contributed by atoms with E-state index in [9.17, 15) is 8.42 Å². The number of ether oxygens (including phenoxy) is 1. The van der Waals surface area contributed by atoms with Gasteiger partial charge in [0.2, 0.25) is 0 Å². The Morgan fingerprint density at radius 1 is 1.53 bits per heavy atom. The zero-order valence-corrected chi connectivity index (χ0v) is 11.1. The van der Waals surface area contributed by atoms with Gasteiger partial charge in [-0.15, -0.1) is 11.6 Å². The van der Waals surface area contributed by atoms with Gasteiger partial charge in [0.05, 0.1) is 19.4 Å². The van der Waals surface area contributed by atoms with Crippen LogP contribution in [0.3, 0.4) is 0 Å². The van der Waals surface area contributed by atoms with Gasteiger partial charge in [0.15, 0.2) is 5.03 Å². The van der Waals surface area contributed by atoms with E-state index < -0.39 is 10.0 Å². The first-order valence-corrected chi connectivity index (χ1v) is 7.29. The first-order chi connectivity index (χ1) is 8.10. The molecule has 2 N–H and O–H groups in total. The van der Waals surface area contributed by atoms with E-state index in [1.54, 1.807) is 0 Å². The average molecular weight is 282 g/mol. The van der Waals surface area contributed by atoms with Crippen LogP contribution in [0.4, 0.5) is 0 Å². The summed E-state index contributed by atoms with van der Waals surface area (Å²) in [5.41, 5.74) is 0. The highest BCUT2D eigenvalue weighted by Gasteiger charge is 2.15. The highest BCUT2D eigenvalue weighted by molar-refractivity contribution is 7.89. The summed E-state index contributed by atoms with van der Waals surface area (Å²) in [6, 6.07) is 0. The minimum Gasteiger partial charge on any atom is -0.379 e. The summed E-state index contributed by atoms with van der Waals surface area (Å²) in [7, 11) is -3.52. The summed E-state index contributed by atoms with van der Waals surface area (Å²) in [6.07, 6.45) is 1.97. The van der Waals surface area contributed by atoms with E-state index in [0.29, 0.717) is 31.3 Å². The van der Waals surface area contributed by atoms with E-state index in [4.69, 9.17) is 16.3 Å². The predicted molar refractivity (Wildman–Crippen MR) is 64.7 cm³/mol. The number of H-pyrrole nitrogens is 1. The molecule has 0 aromatic carbocycles. The van der Waals surface area contributed by atoms with E-state index in [0.717, 1.165) is 0 Å². The molecule has 0 atom stereocenters. The summed E-state index contributed by atoms with van der Waals surface area (Å²) in [5, 5.41) is 0.0756. The van der Waals surface area contributed by atoms with Crippen molar-refractivity contribution in [3.8, 4) is 0 Å². The molecule has 8 heteroatoms. The average Bonchev–Trinajstić information content (AvgIpc) is 2.78. The highest BCUT2D eigenvalue weighted by Crippen LogP contribution is 2.05. The number of rotatable bonds is 8. The fourth-order valence-electron chi connectivity index (χ4n) is 1.14. The molecule has 0 unspecified atom stereocenters. The molecule has 1 aromatic heterocycles. The van der Waals surface area contributed by atoms with Gasteiger partial charge in [-0.2, -0.15) is 0 Å². The molecular weight excluding hydrogens is 266 g/mol. The number of sulfonamides is 1. The van der Waals surface area contributed by atoms with Gasteiger partial charge < -0.3 is 9.72 Å². The molecule has 0 aliphatic carbocycles. The molecule has 17 heavy (non-hydrogen) atoms. The van der Waals surface area contributed by atoms with Crippen LogP contribution in [0.15, 0.2) is 11.2 Å². The minimum absolute atomic E-state index is 0.0756. The Labute approximate surface area is 106 Å². The molecule has 1 heterocycles. The largest absolute Gasteiger partial charge is 0.379 e. The quantitative estimate of drug-likeness (QED) is 0.537. The lowest BCUT2D eigenvalue weighted by atomic mass is 10.5. The second-order valence-electron chi connectivity index (χ2n) is 3.25. The molecule has 0 bridgehead atoms. The molecule has 1 aromatic rings. The first-order valence-electron chi connectivity index (χ1n) is 5.27. The number of nitrogens with one attached hydrogen (secondary N) is 2. The number of aryl methyl sites for hydroxylation is 1. The highest BCUT2D eigenvalue weighted by atomic mass is 35.5. The molecule has 0 spiro atoms. The predicted octanol–water partition coefficient (Wildman–Crippen LogP) is 0.506. The maximum Gasteiger partial charge on any atom is 0.257 e. The number of aromatic nitrogens is 2. The van der Waals surface area contributed by atoms with Crippen LogP contribution in [0.2, 0.25) is 0 Å². The molecule has 0 fully saturated rings. The second-order valence-corrected chi connectivity index (χ2v) is 5.36. The van der Waals surface area contributed by atoms with Crippen LogP contribution in [-0.2, 0) is 21.2 Å². The fraction of sp³-hybridized carbons (Fsp3) is 0.667. The first kappa shape index (κ1) is 14.4. The van der Waals surface area contributed by atoms with Crippen molar-refractivity contribution in [1.82, 2.24) is 14.7 Å². The van der Waals surface area contributed by atoms with Gasteiger partial charge >= 0.3 is 0 Å². The SMILES string of the molecule is CCc1ncc(S(=O)(=O)NCCOCCCl)[nH]1. The van der Waals surface area contributed by atoms with Gasteiger partial charge in [-0.25, -0.2) is 18.1 Å². The molecule has 6 nitrogen and oxygen atoms in total. The van der Waals surface area contributed by atoms with Crippen LogP contribution in [-0.4, -0.2) is 44.0 Å². The third-order valence-corrected chi connectivity index (χ3v) is 3.51. The molecule has 0 aliphatic rings. The number of hydrogen-bond donors (Lipinski definition) is 2. The molecule has 1 rings (SSSR count). The molecule has 0 saturated heterocycles. The topological polar surface area (TPSA) is 84.1 Å². The Balaban J connectivity index is 2.45. The Hall–Kier alpha value is -0.630. The molecular formula is C9H16ClN3O3S. The van der Waals surface area contributed by atoms with Crippen molar-refractivity contribution in [3.05, 3.63) is 12.0 Å². The third-order valence-electron chi connectivity index (χ3n) is 1.99. The molecule has 0 saturated carbocycles. The minimum atomic E-state index is -3.52. The number of aromatic amines is 1. The van der Waals surface area contributed by atoms with Crippen LogP contribution in [0.5, 0.6) is 0 Å². The molecule has 0 aliphatic heterocycles. The van der Waals surface area contributed by atoms with Crippen molar-refractivity contribution in [3.63, 3.8) is 0 Å². The Bertz CT molecular complexity index is 432. The van der Waals surface area contributed by atoms with Crippen LogP contribution in [0, 0.1) is 0 Å². The number of imidazole rings is 1. The normalized spacial score (nSPS) is 11.9. The molecule has 98 valence electrons. The van der Waals surface area contributed by atoms with Crippen molar-refractivity contribution in [2.24, 2.45) is 0 Å². The summed E-state index contributed by atoms with van der Waals surface area (Å²) in [6.45, 7) is 2.80. The Kier molecular flexibility index (Phi) is 5.90. The van der Waals surface area contributed by atoms with Crippen molar-refractivity contribution < 1.29 is 13.2 Å². The zero-order valence-electron chi connectivity index (χ0n) is 9.57. The lowest BCUT2D eigenvalue weighted by molar-refractivity contribution is 0.155. The maximum absolute atomic E-state index is 11.7. The number of alkyl halides is 1. The maximum atomic E-state index is 11.7. The van der Waals surface area contributed by atoms with Crippen molar-refractivity contribution >= 4 is 21.6 Å². The fourth-order valence-corrected chi connectivity index (χ4v) is 2.20.